The summed E-state index contributed by atoms with van der Waals surface area (Å²) >= 11 is 0. The summed E-state index contributed by atoms with van der Waals surface area (Å²) in [5, 5.41) is 8.98. The van der Waals surface area contributed by atoms with Crippen LogP contribution in [0.15, 0.2) is 24.3 Å². The lowest BCUT2D eigenvalue weighted by molar-refractivity contribution is -0.119. The molecule has 0 aromatic heterocycles. The summed E-state index contributed by atoms with van der Waals surface area (Å²) in [5.41, 5.74) is 1.09. The van der Waals surface area contributed by atoms with E-state index in [4.69, 9.17) is 0 Å². The van der Waals surface area contributed by atoms with Crippen LogP contribution in [0.2, 0.25) is 0 Å². The fraction of sp³-hybridized carbons (Fsp3) is 0.500. The third kappa shape index (κ3) is 4.04. The van der Waals surface area contributed by atoms with Crippen LogP contribution in [0, 0.1) is 5.92 Å². The van der Waals surface area contributed by atoms with Crippen LogP contribution in [0.4, 0.5) is 5.69 Å². The van der Waals surface area contributed by atoms with Crippen molar-refractivity contribution in [3.8, 4) is 0 Å². The first-order chi connectivity index (χ1) is 10.1. The number of hydrogen-bond donors (Lipinski definition) is 3. The van der Waals surface area contributed by atoms with Crippen LogP contribution in [-0.2, 0) is 4.79 Å². The maximum atomic E-state index is 12.3. The molecule has 21 heavy (non-hydrogen) atoms. The number of hydrogen-bond acceptors (Lipinski definition) is 3. The first-order valence-electron chi connectivity index (χ1n) is 7.53. The molecule has 1 fully saturated rings. The molecule has 0 spiro atoms. The Morgan fingerprint density at radius 1 is 1.38 bits per heavy atom. The second-order valence-electron chi connectivity index (χ2n) is 5.51. The number of carbonyl (C=O) groups is 2. The van der Waals surface area contributed by atoms with Gasteiger partial charge in [0.05, 0.1) is 17.2 Å². The molecule has 1 heterocycles. The van der Waals surface area contributed by atoms with Gasteiger partial charge in [-0.2, -0.15) is 0 Å². The number of para-hydroxylation sites is 1. The smallest absolute Gasteiger partial charge is 0.253 e. The molecule has 2 rings (SSSR count). The number of amides is 2. The Morgan fingerprint density at radius 2 is 2.14 bits per heavy atom. The second kappa shape index (κ2) is 7.22. The minimum absolute atomic E-state index is 0.0179. The zero-order valence-electron chi connectivity index (χ0n) is 12.6. The van der Waals surface area contributed by atoms with E-state index < -0.39 is 0 Å². The zero-order valence-corrected chi connectivity index (χ0v) is 12.6. The van der Waals surface area contributed by atoms with Crippen LogP contribution >= 0.6 is 0 Å². The summed E-state index contributed by atoms with van der Waals surface area (Å²) in [4.78, 5) is 24.4. The molecule has 114 valence electrons. The van der Waals surface area contributed by atoms with Crippen LogP contribution in [0.1, 0.15) is 37.0 Å². The van der Waals surface area contributed by atoms with Gasteiger partial charge in [0, 0.05) is 12.6 Å². The van der Waals surface area contributed by atoms with Crippen molar-refractivity contribution in [1.29, 1.82) is 0 Å². The Balaban J connectivity index is 2.09. The summed E-state index contributed by atoms with van der Waals surface area (Å²) < 4.78 is 0. The molecule has 1 aromatic carbocycles. The van der Waals surface area contributed by atoms with Gasteiger partial charge in [0.2, 0.25) is 5.91 Å². The topological polar surface area (TPSA) is 70.2 Å². The molecule has 0 saturated carbocycles. The van der Waals surface area contributed by atoms with Gasteiger partial charge in [-0.05, 0) is 38.4 Å². The quantitative estimate of drug-likeness (QED) is 0.773. The number of rotatable bonds is 5. The summed E-state index contributed by atoms with van der Waals surface area (Å²) in [7, 11) is 0. The van der Waals surface area contributed by atoms with E-state index in [-0.39, 0.29) is 23.8 Å². The molecule has 3 N–H and O–H groups in total. The van der Waals surface area contributed by atoms with E-state index in [9.17, 15) is 9.59 Å². The SMILES string of the molecule is CCC(C)NC(=O)c1ccccc1NC(=O)C1CCNC1. The minimum Gasteiger partial charge on any atom is -0.350 e. The fourth-order valence-corrected chi connectivity index (χ4v) is 2.31. The molecule has 0 bridgehead atoms. The molecule has 2 amide bonds. The molecule has 2 atom stereocenters. The molecule has 1 aliphatic heterocycles. The summed E-state index contributed by atoms with van der Waals surface area (Å²) in [6.07, 6.45) is 1.71. The largest absolute Gasteiger partial charge is 0.350 e. The average molecular weight is 289 g/mol. The van der Waals surface area contributed by atoms with Gasteiger partial charge < -0.3 is 16.0 Å². The van der Waals surface area contributed by atoms with Crippen molar-refractivity contribution in [1.82, 2.24) is 10.6 Å². The number of benzene rings is 1. The lowest BCUT2D eigenvalue weighted by Gasteiger charge is -2.16. The summed E-state index contributed by atoms with van der Waals surface area (Å²) in [6.45, 7) is 5.55. The maximum absolute atomic E-state index is 12.3. The van der Waals surface area contributed by atoms with Gasteiger partial charge in [-0.15, -0.1) is 0 Å². The molecule has 0 radical (unpaired) electrons. The van der Waals surface area contributed by atoms with E-state index in [1.807, 2.05) is 19.9 Å². The number of anilines is 1. The number of carbonyl (C=O) groups excluding carboxylic acids is 2. The van der Waals surface area contributed by atoms with Crippen LogP contribution in [0.25, 0.3) is 0 Å². The van der Waals surface area contributed by atoms with E-state index >= 15 is 0 Å². The van der Waals surface area contributed by atoms with Crippen LogP contribution in [0.3, 0.4) is 0 Å². The van der Waals surface area contributed by atoms with Gasteiger partial charge in [-0.25, -0.2) is 0 Å². The van der Waals surface area contributed by atoms with Crippen molar-refractivity contribution < 1.29 is 9.59 Å². The van der Waals surface area contributed by atoms with Gasteiger partial charge in [-0.1, -0.05) is 19.1 Å². The lowest BCUT2D eigenvalue weighted by atomic mass is 10.1. The van der Waals surface area contributed by atoms with E-state index in [2.05, 4.69) is 16.0 Å². The molecule has 1 aliphatic rings. The molecule has 5 nitrogen and oxygen atoms in total. The highest BCUT2D eigenvalue weighted by atomic mass is 16.2. The van der Waals surface area contributed by atoms with E-state index in [1.165, 1.54) is 0 Å². The zero-order chi connectivity index (χ0) is 15.2. The van der Waals surface area contributed by atoms with Crippen LogP contribution in [0.5, 0.6) is 0 Å². The Morgan fingerprint density at radius 3 is 2.81 bits per heavy atom. The fourth-order valence-electron chi connectivity index (χ4n) is 2.31. The molecule has 5 heteroatoms. The van der Waals surface area contributed by atoms with Crippen molar-refractivity contribution in [3.63, 3.8) is 0 Å². The Kier molecular flexibility index (Phi) is 5.33. The summed E-state index contributed by atoms with van der Waals surface area (Å²) in [6, 6.07) is 7.24. The van der Waals surface area contributed by atoms with Gasteiger partial charge in [0.1, 0.15) is 0 Å². The Labute approximate surface area is 125 Å². The van der Waals surface area contributed by atoms with Gasteiger partial charge in [0.15, 0.2) is 0 Å². The van der Waals surface area contributed by atoms with Crippen LogP contribution < -0.4 is 16.0 Å². The highest BCUT2D eigenvalue weighted by molar-refractivity contribution is 6.04. The van der Waals surface area contributed by atoms with Crippen molar-refractivity contribution in [2.45, 2.75) is 32.7 Å². The molecule has 2 unspecified atom stereocenters. The third-order valence-electron chi connectivity index (χ3n) is 3.85. The molecule has 1 aromatic rings. The number of nitrogens with one attached hydrogen (secondary N) is 3. The molecular formula is C16H23N3O2. The third-order valence-corrected chi connectivity index (χ3v) is 3.85. The minimum atomic E-state index is -0.148. The Bertz CT molecular complexity index is 510. The monoisotopic (exact) mass is 289 g/mol. The first kappa shape index (κ1) is 15.5. The molecule has 1 saturated heterocycles. The standard InChI is InChI=1S/C16H23N3O2/c1-3-11(2)18-16(21)13-6-4-5-7-14(13)19-15(20)12-8-9-17-10-12/h4-7,11-12,17H,3,8-10H2,1-2H3,(H,18,21)(H,19,20). The van der Waals surface area contributed by atoms with Gasteiger partial charge in [0.25, 0.3) is 5.91 Å². The van der Waals surface area contributed by atoms with Crippen molar-refractivity contribution in [2.75, 3.05) is 18.4 Å². The average Bonchev–Trinajstić information content (AvgIpc) is 3.01. The van der Waals surface area contributed by atoms with Gasteiger partial charge >= 0.3 is 0 Å². The lowest BCUT2D eigenvalue weighted by Crippen LogP contribution is -2.33. The first-order valence-corrected chi connectivity index (χ1v) is 7.53. The van der Waals surface area contributed by atoms with E-state index in [1.54, 1.807) is 18.2 Å². The van der Waals surface area contributed by atoms with Crippen molar-refractivity contribution >= 4 is 17.5 Å². The second-order valence-corrected chi connectivity index (χ2v) is 5.51. The van der Waals surface area contributed by atoms with Crippen molar-refractivity contribution in [2.24, 2.45) is 5.92 Å². The molecule has 0 aliphatic carbocycles. The van der Waals surface area contributed by atoms with Crippen molar-refractivity contribution in [3.05, 3.63) is 29.8 Å². The van der Waals surface area contributed by atoms with E-state index in [0.717, 1.165) is 19.4 Å². The maximum Gasteiger partial charge on any atom is 0.253 e. The molecular weight excluding hydrogens is 266 g/mol. The highest BCUT2D eigenvalue weighted by Crippen LogP contribution is 2.18. The normalized spacial score (nSPS) is 19.0. The summed E-state index contributed by atoms with van der Waals surface area (Å²) in [5.74, 6) is -0.190. The van der Waals surface area contributed by atoms with Gasteiger partial charge in [-0.3, -0.25) is 9.59 Å². The predicted molar refractivity (Wildman–Crippen MR) is 83.3 cm³/mol. The van der Waals surface area contributed by atoms with E-state index in [0.29, 0.717) is 17.8 Å². The Hall–Kier alpha value is -1.88. The predicted octanol–water partition coefficient (Wildman–Crippen LogP) is 1.76. The highest BCUT2D eigenvalue weighted by Gasteiger charge is 2.23. The van der Waals surface area contributed by atoms with Crippen LogP contribution in [-0.4, -0.2) is 30.9 Å².